The second-order valence-corrected chi connectivity index (χ2v) is 6.77. The fraction of sp³-hybridized carbons (Fsp3) is 0.333. The molecule has 1 aromatic heterocycles. The molecule has 1 atom stereocenters. The monoisotopic (exact) mass is 366 g/mol. The van der Waals surface area contributed by atoms with E-state index >= 15 is 0 Å². The van der Waals surface area contributed by atoms with Gasteiger partial charge in [0, 0.05) is 18.2 Å². The van der Waals surface area contributed by atoms with Crippen molar-refractivity contribution >= 4 is 11.6 Å². The van der Waals surface area contributed by atoms with Gasteiger partial charge in [-0.3, -0.25) is 9.59 Å². The lowest BCUT2D eigenvalue weighted by Gasteiger charge is -2.36. The summed E-state index contributed by atoms with van der Waals surface area (Å²) in [6, 6.07) is 7.61. The smallest absolute Gasteiger partial charge is 0.417 e. The minimum absolute atomic E-state index is 0.326. The van der Waals surface area contributed by atoms with Gasteiger partial charge >= 0.3 is 6.18 Å². The maximum Gasteiger partial charge on any atom is 0.417 e. The molecule has 2 aromatic rings. The van der Waals surface area contributed by atoms with Crippen LogP contribution < -0.4 is 15.6 Å². The topological polar surface area (TPSA) is 71.2 Å². The largest absolute Gasteiger partial charge is 0.488 e. The average Bonchev–Trinajstić information content (AvgIpc) is 2.54. The number of H-pyrrole nitrogens is 1. The molecule has 0 saturated carbocycles. The second kappa shape index (κ2) is 6.19. The van der Waals surface area contributed by atoms with E-state index in [0.717, 1.165) is 0 Å². The quantitative estimate of drug-likeness (QED) is 0.852. The van der Waals surface area contributed by atoms with E-state index in [2.05, 4.69) is 5.32 Å². The number of aromatic nitrogens is 1. The van der Waals surface area contributed by atoms with Gasteiger partial charge in [0.15, 0.2) is 0 Å². The molecule has 8 heteroatoms. The molecule has 26 heavy (non-hydrogen) atoms. The van der Waals surface area contributed by atoms with Crippen LogP contribution in [-0.2, 0) is 11.0 Å². The van der Waals surface area contributed by atoms with Crippen LogP contribution in [0.1, 0.15) is 37.3 Å². The molecule has 1 aliphatic rings. The maximum atomic E-state index is 12.8. The zero-order valence-electron chi connectivity index (χ0n) is 14.1. The summed E-state index contributed by atoms with van der Waals surface area (Å²) in [6.45, 7) is 3.64. The van der Waals surface area contributed by atoms with Crippen LogP contribution in [0.4, 0.5) is 18.9 Å². The lowest BCUT2D eigenvalue weighted by atomic mass is 9.84. The summed E-state index contributed by atoms with van der Waals surface area (Å²) in [5.41, 5.74) is -2.28. The Hall–Kier alpha value is -2.77. The molecule has 3 rings (SSSR count). The third-order valence-corrected chi connectivity index (χ3v) is 4.18. The number of hydrogen-bond donors (Lipinski definition) is 2. The third-order valence-electron chi connectivity index (χ3n) is 4.18. The van der Waals surface area contributed by atoms with Gasteiger partial charge in [0.1, 0.15) is 17.0 Å². The number of carbonyl (C=O) groups excluding carboxylic acids is 1. The molecule has 138 valence electrons. The fourth-order valence-electron chi connectivity index (χ4n) is 3.00. The predicted molar refractivity (Wildman–Crippen MR) is 89.2 cm³/mol. The molecular weight excluding hydrogens is 349 g/mol. The van der Waals surface area contributed by atoms with E-state index in [1.54, 1.807) is 24.3 Å². The van der Waals surface area contributed by atoms with Crippen molar-refractivity contribution in [1.29, 1.82) is 0 Å². The molecule has 0 spiro atoms. The van der Waals surface area contributed by atoms with E-state index in [9.17, 15) is 22.8 Å². The highest BCUT2D eigenvalue weighted by molar-refractivity contribution is 5.96. The minimum Gasteiger partial charge on any atom is -0.488 e. The average molecular weight is 366 g/mol. The van der Waals surface area contributed by atoms with E-state index in [0.29, 0.717) is 30.0 Å². The number of rotatable bonds is 2. The Morgan fingerprint density at radius 2 is 2.00 bits per heavy atom. The van der Waals surface area contributed by atoms with Crippen LogP contribution in [0.5, 0.6) is 5.75 Å². The number of benzene rings is 1. The lowest BCUT2D eigenvalue weighted by molar-refractivity contribution is -0.137. The van der Waals surface area contributed by atoms with Gasteiger partial charge < -0.3 is 15.0 Å². The van der Waals surface area contributed by atoms with Crippen molar-refractivity contribution < 1.29 is 22.7 Å². The first-order valence-electron chi connectivity index (χ1n) is 7.95. The summed E-state index contributed by atoms with van der Waals surface area (Å²) < 4.78 is 44.4. The summed E-state index contributed by atoms with van der Waals surface area (Å²) in [6.07, 6.45) is -3.73. The first-order chi connectivity index (χ1) is 12.1. The Bertz CT molecular complexity index is 903. The molecule has 5 nitrogen and oxygen atoms in total. The van der Waals surface area contributed by atoms with Crippen molar-refractivity contribution in [2.45, 2.75) is 38.0 Å². The molecule has 0 aliphatic carbocycles. The van der Waals surface area contributed by atoms with Crippen molar-refractivity contribution in [3.8, 4) is 5.75 Å². The zero-order chi connectivity index (χ0) is 19.1. The maximum absolute atomic E-state index is 12.8. The number of anilines is 1. The van der Waals surface area contributed by atoms with Crippen LogP contribution in [0.15, 0.2) is 41.3 Å². The summed E-state index contributed by atoms with van der Waals surface area (Å²) in [7, 11) is 0. The van der Waals surface area contributed by atoms with Crippen LogP contribution in [0.25, 0.3) is 0 Å². The number of aromatic amines is 1. The first-order valence-corrected chi connectivity index (χ1v) is 7.95. The van der Waals surface area contributed by atoms with Crippen LogP contribution >= 0.6 is 0 Å². The van der Waals surface area contributed by atoms with Crippen LogP contribution in [-0.4, -0.2) is 16.5 Å². The van der Waals surface area contributed by atoms with Crippen LogP contribution in [0.3, 0.4) is 0 Å². The molecule has 1 aromatic carbocycles. The lowest BCUT2D eigenvalue weighted by Crippen LogP contribution is -2.39. The van der Waals surface area contributed by atoms with E-state index in [4.69, 9.17) is 4.74 Å². The van der Waals surface area contributed by atoms with Crippen LogP contribution in [0.2, 0.25) is 0 Å². The number of fused-ring (bicyclic) bond motifs is 1. The summed E-state index contributed by atoms with van der Waals surface area (Å²) in [5, 5.41) is 2.33. The number of ether oxygens (including phenoxy) is 1. The molecule has 1 unspecified atom stereocenters. The Morgan fingerprint density at radius 3 is 2.69 bits per heavy atom. The molecule has 0 saturated heterocycles. The van der Waals surface area contributed by atoms with Crippen LogP contribution in [0, 0.1) is 0 Å². The molecular formula is C18H17F3N2O3. The molecule has 2 heterocycles. The van der Waals surface area contributed by atoms with Gasteiger partial charge in [0.05, 0.1) is 11.5 Å². The Balaban J connectivity index is 1.93. The third kappa shape index (κ3) is 3.58. The van der Waals surface area contributed by atoms with Crippen molar-refractivity contribution in [1.82, 2.24) is 4.98 Å². The van der Waals surface area contributed by atoms with Gasteiger partial charge in [-0.2, -0.15) is 13.2 Å². The van der Waals surface area contributed by atoms with E-state index < -0.39 is 40.4 Å². The Kier molecular flexibility index (Phi) is 4.29. The highest BCUT2D eigenvalue weighted by Crippen LogP contribution is 2.41. The number of halogens is 3. The summed E-state index contributed by atoms with van der Waals surface area (Å²) in [5.74, 6) is -0.663. The molecule has 0 radical (unpaired) electrons. The first kappa shape index (κ1) is 18.0. The molecule has 0 bridgehead atoms. The van der Waals surface area contributed by atoms with Crippen molar-refractivity contribution in [2.24, 2.45) is 0 Å². The van der Waals surface area contributed by atoms with Gasteiger partial charge in [0.2, 0.25) is 5.91 Å². The number of para-hydroxylation sites is 1. The predicted octanol–water partition coefficient (Wildman–Crippen LogP) is 3.68. The normalized spacial score (nSPS) is 18.6. The fourth-order valence-corrected chi connectivity index (χ4v) is 3.00. The molecule has 0 fully saturated rings. The highest BCUT2D eigenvalue weighted by Gasteiger charge is 2.38. The van der Waals surface area contributed by atoms with Gasteiger partial charge in [-0.1, -0.05) is 18.2 Å². The molecule has 2 N–H and O–H groups in total. The minimum atomic E-state index is -4.63. The Morgan fingerprint density at radius 1 is 1.31 bits per heavy atom. The van der Waals surface area contributed by atoms with Crippen molar-refractivity contribution in [3.05, 3.63) is 58.0 Å². The van der Waals surface area contributed by atoms with E-state index in [1.165, 1.54) is 0 Å². The Labute approximate surface area is 147 Å². The highest BCUT2D eigenvalue weighted by atomic mass is 19.4. The molecule has 1 aliphatic heterocycles. The zero-order valence-corrected chi connectivity index (χ0v) is 14.1. The van der Waals surface area contributed by atoms with Crippen molar-refractivity contribution in [2.75, 3.05) is 5.32 Å². The summed E-state index contributed by atoms with van der Waals surface area (Å²) in [4.78, 5) is 26.6. The van der Waals surface area contributed by atoms with Gasteiger partial charge in [-0.15, -0.1) is 0 Å². The number of nitrogens with one attached hydrogen (secondary N) is 2. The van der Waals surface area contributed by atoms with Gasteiger partial charge in [0.25, 0.3) is 5.56 Å². The number of pyridine rings is 1. The molecule has 1 amide bonds. The SMILES string of the molecule is CC1(C)CC(C(=O)Nc2cc(C(F)(F)F)c[nH]c2=O)c2ccccc2O1. The van der Waals surface area contributed by atoms with E-state index in [-0.39, 0.29) is 0 Å². The number of amides is 1. The standard InChI is InChI=1S/C18H17F3N2O3/c1-17(2)8-12(11-5-3-4-6-14(11)26-17)15(24)23-13-7-10(18(19,20)21)9-22-16(13)25/h3-7,9,12H,8H2,1-2H3,(H,22,25)(H,23,24). The van der Waals surface area contributed by atoms with Crippen molar-refractivity contribution in [3.63, 3.8) is 0 Å². The van der Waals surface area contributed by atoms with Gasteiger partial charge in [-0.05, 0) is 26.0 Å². The number of hydrogen-bond acceptors (Lipinski definition) is 3. The second-order valence-electron chi connectivity index (χ2n) is 6.77. The summed E-state index contributed by atoms with van der Waals surface area (Å²) >= 11 is 0. The number of carbonyl (C=O) groups is 1. The van der Waals surface area contributed by atoms with E-state index in [1.807, 2.05) is 18.8 Å². The number of alkyl halides is 3. The van der Waals surface area contributed by atoms with Gasteiger partial charge in [-0.25, -0.2) is 0 Å².